The fourth-order valence-corrected chi connectivity index (χ4v) is 1.81. The third-order valence-corrected chi connectivity index (χ3v) is 2.62. The van der Waals surface area contributed by atoms with Gasteiger partial charge in [-0.3, -0.25) is 0 Å². The van der Waals surface area contributed by atoms with Crippen molar-refractivity contribution in [3.63, 3.8) is 0 Å². The zero-order chi connectivity index (χ0) is 12.1. The molecule has 2 aromatic rings. The van der Waals surface area contributed by atoms with E-state index in [2.05, 4.69) is 11.9 Å². The van der Waals surface area contributed by atoms with Crippen LogP contribution in [-0.2, 0) is 12.8 Å². The van der Waals surface area contributed by atoms with Gasteiger partial charge < -0.3 is 9.52 Å². The molecule has 0 bridgehead atoms. The Morgan fingerprint density at radius 2 is 1.94 bits per heavy atom. The lowest BCUT2D eigenvalue weighted by Crippen LogP contribution is -1.95. The normalized spacial score (nSPS) is 10.7. The van der Waals surface area contributed by atoms with E-state index in [0.717, 1.165) is 29.9 Å². The molecule has 0 saturated heterocycles. The van der Waals surface area contributed by atoms with Crippen molar-refractivity contribution < 1.29 is 9.52 Å². The number of aliphatic hydroxyl groups is 1. The molecule has 0 unspecified atom stereocenters. The minimum atomic E-state index is 0.109. The molecule has 0 aliphatic heterocycles. The molecule has 2 rings (SSSR count). The average Bonchev–Trinajstić information content (AvgIpc) is 2.75. The van der Waals surface area contributed by atoms with Crippen molar-refractivity contribution in [3.8, 4) is 11.5 Å². The quantitative estimate of drug-likeness (QED) is 0.860. The van der Waals surface area contributed by atoms with Gasteiger partial charge in [-0.25, -0.2) is 4.98 Å². The molecule has 0 atom stereocenters. The molecule has 0 amide bonds. The van der Waals surface area contributed by atoms with Gasteiger partial charge in [0.05, 0.1) is 5.69 Å². The SMILES string of the molecule is CCCc1oc(-c2ccccc2)nc1CCO. The Kier molecular flexibility index (Phi) is 3.94. The van der Waals surface area contributed by atoms with Gasteiger partial charge in [0.25, 0.3) is 0 Å². The first-order chi connectivity index (χ1) is 8.35. The second kappa shape index (κ2) is 5.64. The van der Waals surface area contributed by atoms with Crippen molar-refractivity contribution >= 4 is 0 Å². The van der Waals surface area contributed by atoms with Crippen LogP contribution in [0, 0.1) is 0 Å². The number of hydrogen-bond acceptors (Lipinski definition) is 3. The molecule has 0 fully saturated rings. The molecule has 1 aromatic carbocycles. The van der Waals surface area contributed by atoms with Crippen LogP contribution >= 0.6 is 0 Å². The number of oxazole rings is 1. The van der Waals surface area contributed by atoms with Crippen LogP contribution in [-0.4, -0.2) is 16.7 Å². The van der Waals surface area contributed by atoms with Gasteiger partial charge >= 0.3 is 0 Å². The highest BCUT2D eigenvalue weighted by Gasteiger charge is 2.13. The largest absolute Gasteiger partial charge is 0.441 e. The lowest BCUT2D eigenvalue weighted by atomic mass is 10.2. The van der Waals surface area contributed by atoms with Crippen molar-refractivity contribution in [3.05, 3.63) is 41.8 Å². The highest BCUT2D eigenvalue weighted by Crippen LogP contribution is 2.23. The summed E-state index contributed by atoms with van der Waals surface area (Å²) >= 11 is 0. The molecular weight excluding hydrogens is 214 g/mol. The lowest BCUT2D eigenvalue weighted by Gasteiger charge is -1.95. The van der Waals surface area contributed by atoms with Crippen molar-refractivity contribution in [2.45, 2.75) is 26.2 Å². The summed E-state index contributed by atoms with van der Waals surface area (Å²) < 4.78 is 5.77. The second-order valence-corrected chi connectivity index (χ2v) is 3.98. The summed E-state index contributed by atoms with van der Waals surface area (Å²) in [5, 5.41) is 9.01. The van der Waals surface area contributed by atoms with Gasteiger partial charge in [-0.05, 0) is 18.6 Å². The van der Waals surface area contributed by atoms with Crippen molar-refractivity contribution in [2.24, 2.45) is 0 Å². The van der Waals surface area contributed by atoms with E-state index in [-0.39, 0.29) is 6.61 Å². The van der Waals surface area contributed by atoms with Gasteiger partial charge in [0.15, 0.2) is 0 Å². The van der Waals surface area contributed by atoms with Gasteiger partial charge in [0, 0.05) is 25.0 Å². The van der Waals surface area contributed by atoms with Crippen molar-refractivity contribution in [1.82, 2.24) is 4.98 Å². The Labute approximate surface area is 101 Å². The van der Waals surface area contributed by atoms with E-state index in [4.69, 9.17) is 9.52 Å². The van der Waals surface area contributed by atoms with Crippen LogP contribution in [0.25, 0.3) is 11.5 Å². The van der Waals surface area contributed by atoms with Gasteiger partial charge in [-0.15, -0.1) is 0 Å². The lowest BCUT2D eigenvalue weighted by molar-refractivity contribution is 0.297. The van der Waals surface area contributed by atoms with E-state index in [1.54, 1.807) is 0 Å². The molecule has 1 aromatic heterocycles. The molecule has 90 valence electrons. The molecule has 1 heterocycles. The highest BCUT2D eigenvalue weighted by atomic mass is 16.4. The van der Waals surface area contributed by atoms with E-state index in [0.29, 0.717) is 12.3 Å². The fraction of sp³-hybridized carbons (Fsp3) is 0.357. The molecule has 3 nitrogen and oxygen atoms in total. The Morgan fingerprint density at radius 3 is 2.59 bits per heavy atom. The summed E-state index contributed by atoms with van der Waals surface area (Å²) in [7, 11) is 0. The maximum atomic E-state index is 9.01. The summed E-state index contributed by atoms with van der Waals surface area (Å²) in [6.07, 6.45) is 2.45. The zero-order valence-corrected chi connectivity index (χ0v) is 10.0. The zero-order valence-electron chi connectivity index (χ0n) is 10.0. The Bertz CT molecular complexity index is 439. The predicted molar refractivity (Wildman–Crippen MR) is 66.7 cm³/mol. The molecule has 0 spiro atoms. The van der Waals surface area contributed by atoms with Crippen LogP contribution in [0.4, 0.5) is 0 Å². The van der Waals surface area contributed by atoms with Crippen LogP contribution < -0.4 is 0 Å². The fourth-order valence-electron chi connectivity index (χ4n) is 1.81. The third kappa shape index (κ3) is 2.74. The molecule has 1 N–H and O–H groups in total. The molecule has 0 aliphatic carbocycles. The Hall–Kier alpha value is -1.61. The molecule has 17 heavy (non-hydrogen) atoms. The summed E-state index contributed by atoms with van der Waals surface area (Å²) in [6, 6.07) is 9.85. The first kappa shape index (κ1) is 11.9. The monoisotopic (exact) mass is 231 g/mol. The van der Waals surface area contributed by atoms with E-state index in [9.17, 15) is 0 Å². The number of aryl methyl sites for hydroxylation is 1. The van der Waals surface area contributed by atoms with E-state index in [1.165, 1.54) is 0 Å². The smallest absolute Gasteiger partial charge is 0.226 e. The molecule has 0 radical (unpaired) electrons. The number of rotatable bonds is 5. The number of aliphatic hydroxyl groups excluding tert-OH is 1. The number of hydrogen-bond donors (Lipinski definition) is 1. The predicted octanol–water partition coefficient (Wildman–Crippen LogP) is 2.83. The van der Waals surface area contributed by atoms with Gasteiger partial charge in [0.2, 0.25) is 5.89 Å². The molecule has 3 heteroatoms. The van der Waals surface area contributed by atoms with Crippen LogP contribution in [0.2, 0.25) is 0 Å². The highest BCUT2D eigenvalue weighted by molar-refractivity contribution is 5.53. The Balaban J connectivity index is 2.33. The van der Waals surface area contributed by atoms with E-state index < -0.39 is 0 Å². The summed E-state index contributed by atoms with van der Waals surface area (Å²) in [4.78, 5) is 4.46. The summed E-state index contributed by atoms with van der Waals surface area (Å²) in [5.74, 6) is 1.55. The van der Waals surface area contributed by atoms with E-state index in [1.807, 2.05) is 30.3 Å². The number of aromatic nitrogens is 1. The van der Waals surface area contributed by atoms with Crippen molar-refractivity contribution in [2.75, 3.05) is 6.61 Å². The topological polar surface area (TPSA) is 46.3 Å². The van der Waals surface area contributed by atoms with Crippen LogP contribution in [0.5, 0.6) is 0 Å². The van der Waals surface area contributed by atoms with Crippen LogP contribution in [0.1, 0.15) is 24.8 Å². The average molecular weight is 231 g/mol. The maximum Gasteiger partial charge on any atom is 0.226 e. The number of nitrogens with zero attached hydrogens (tertiary/aromatic N) is 1. The van der Waals surface area contributed by atoms with Gasteiger partial charge in [0.1, 0.15) is 5.76 Å². The minimum Gasteiger partial charge on any atom is -0.441 e. The van der Waals surface area contributed by atoms with Crippen LogP contribution in [0.3, 0.4) is 0 Å². The first-order valence-electron chi connectivity index (χ1n) is 6.00. The minimum absolute atomic E-state index is 0.109. The molecule has 0 saturated carbocycles. The standard InChI is InChI=1S/C14H17NO2/c1-2-6-13-12(9-10-16)15-14(17-13)11-7-4-3-5-8-11/h3-5,7-8,16H,2,6,9-10H2,1H3. The Morgan fingerprint density at radius 1 is 1.18 bits per heavy atom. The van der Waals surface area contributed by atoms with E-state index >= 15 is 0 Å². The van der Waals surface area contributed by atoms with Crippen molar-refractivity contribution in [1.29, 1.82) is 0 Å². The molecule has 0 aliphatic rings. The second-order valence-electron chi connectivity index (χ2n) is 3.98. The van der Waals surface area contributed by atoms with Crippen LogP contribution in [0.15, 0.2) is 34.7 Å². The molecular formula is C14H17NO2. The summed E-state index contributed by atoms with van der Waals surface area (Å²) in [6.45, 7) is 2.21. The maximum absolute atomic E-state index is 9.01. The summed E-state index contributed by atoms with van der Waals surface area (Å²) in [5.41, 5.74) is 1.86. The van der Waals surface area contributed by atoms with Gasteiger partial charge in [-0.2, -0.15) is 0 Å². The van der Waals surface area contributed by atoms with Gasteiger partial charge in [-0.1, -0.05) is 25.1 Å². The third-order valence-electron chi connectivity index (χ3n) is 2.62. The first-order valence-corrected chi connectivity index (χ1v) is 6.00. The number of benzene rings is 1.